The maximum Gasteiger partial charge on any atom is 0.416 e. The number of piperidine rings is 1. The van der Waals surface area contributed by atoms with Gasteiger partial charge in [-0.3, -0.25) is 0 Å². The van der Waals surface area contributed by atoms with Crippen LogP contribution in [-0.2, 0) is 17.3 Å². The lowest BCUT2D eigenvalue weighted by atomic mass is 9.68. The molecule has 0 bridgehead atoms. The number of H-pyrrole nitrogens is 1. The van der Waals surface area contributed by atoms with Gasteiger partial charge in [0.15, 0.2) is 0 Å². The van der Waals surface area contributed by atoms with E-state index in [0.717, 1.165) is 61.1 Å². The number of aliphatic hydroxyl groups is 1. The van der Waals surface area contributed by atoms with Crippen LogP contribution >= 0.6 is 0 Å². The SMILES string of the molecule is C[C@H]1c2c([nH]c3ccc(C(F)(F)F)cc23)C[C@H]2CCN(CCC3(O)CCOCC3)C[C@@H]21. The Bertz CT molecular complexity index is 948. The fourth-order valence-corrected chi connectivity index (χ4v) is 6.09. The molecule has 0 amide bonds. The number of fused-ring (bicyclic) bond motifs is 4. The van der Waals surface area contributed by atoms with Crippen LogP contribution in [-0.4, -0.2) is 53.4 Å². The quantitative estimate of drug-likeness (QED) is 0.732. The van der Waals surface area contributed by atoms with Crippen molar-refractivity contribution >= 4 is 10.9 Å². The highest BCUT2D eigenvalue weighted by Crippen LogP contribution is 2.47. The number of aromatic amines is 1. The number of nitrogens with one attached hydrogen (secondary N) is 1. The van der Waals surface area contributed by atoms with E-state index in [9.17, 15) is 18.3 Å². The number of benzene rings is 1. The molecule has 2 aromatic rings. The minimum atomic E-state index is -4.33. The van der Waals surface area contributed by atoms with Crippen LogP contribution in [0.25, 0.3) is 10.9 Å². The van der Waals surface area contributed by atoms with Gasteiger partial charge < -0.3 is 19.7 Å². The van der Waals surface area contributed by atoms with Crippen molar-refractivity contribution in [2.45, 2.75) is 56.7 Å². The zero-order valence-electron chi connectivity index (χ0n) is 18.0. The smallest absolute Gasteiger partial charge is 0.390 e. The number of halogens is 3. The molecule has 0 unspecified atom stereocenters. The number of ether oxygens (including phenoxy) is 1. The van der Waals surface area contributed by atoms with Crippen LogP contribution in [0, 0.1) is 11.8 Å². The first-order valence-corrected chi connectivity index (χ1v) is 11.5. The van der Waals surface area contributed by atoms with E-state index in [-0.39, 0.29) is 5.92 Å². The largest absolute Gasteiger partial charge is 0.416 e. The molecule has 2 fully saturated rings. The zero-order valence-corrected chi connectivity index (χ0v) is 18.0. The molecule has 170 valence electrons. The standard InChI is InChI=1S/C24H31F3N2O2/c1-15-19-14-29(9-5-23(30)6-10-31-11-7-23)8-4-16(19)12-21-22(15)18-13-17(24(25,26)27)2-3-20(18)28-21/h2-3,13,15-16,19,28,30H,4-12,14H2,1H3/t15-,16-,19-/m1/s1. The van der Waals surface area contributed by atoms with Gasteiger partial charge in [0.2, 0.25) is 0 Å². The Kier molecular flexibility index (Phi) is 5.34. The third-order valence-corrected chi connectivity index (χ3v) is 8.02. The molecule has 3 atom stereocenters. The lowest BCUT2D eigenvalue weighted by Gasteiger charge is -2.45. The van der Waals surface area contributed by atoms with Gasteiger partial charge in [0.25, 0.3) is 0 Å². The lowest BCUT2D eigenvalue weighted by molar-refractivity contribution is -0.137. The molecular weight excluding hydrogens is 405 g/mol. The van der Waals surface area contributed by atoms with Crippen LogP contribution in [0.3, 0.4) is 0 Å². The van der Waals surface area contributed by atoms with Gasteiger partial charge in [0.1, 0.15) is 0 Å². The van der Waals surface area contributed by atoms with E-state index >= 15 is 0 Å². The van der Waals surface area contributed by atoms with Crippen molar-refractivity contribution in [2.24, 2.45) is 11.8 Å². The Morgan fingerprint density at radius 2 is 2.03 bits per heavy atom. The van der Waals surface area contributed by atoms with Crippen molar-refractivity contribution in [1.82, 2.24) is 9.88 Å². The fourth-order valence-electron chi connectivity index (χ4n) is 6.09. The highest BCUT2D eigenvalue weighted by Gasteiger charge is 2.41. The van der Waals surface area contributed by atoms with Gasteiger partial charge in [0.05, 0.1) is 11.2 Å². The van der Waals surface area contributed by atoms with Crippen LogP contribution in [0.1, 0.15) is 55.3 Å². The molecular formula is C24H31F3N2O2. The summed E-state index contributed by atoms with van der Waals surface area (Å²) in [6.07, 6.45) is -0.165. The predicted molar refractivity (Wildman–Crippen MR) is 113 cm³/mol. The Labute approximate surface area is 180 Å². The van der Waals surface area contributed by atoms with Crippen molar-refractivity contribution in [2.75, 3.05) is 32.8 Å². The zero-order chi connectivity index (χ0) is 21.8. The molecule has 2 N–H and O–H groups in total. The minimum absolute atomic E-state index is 0.208. The molecule has 3 heterocycles. The van der Waals surface area contributed by atoms with Crippen molar-refractivity contribution in [3.63, 3.8) is 0 Å². The number of hydrogen-bond donors (Lipinski definition) is 2. The van der Waals surface area contributed by atoms with Crippen LogP contribution < -0.4 is 0 Å². The van der Waals surface area contributed by atoms with Gasteiger partial charge in [-0.1, -0.05) is 6.92 Å². The number of likely N-dealkylation sites (tertiary alicyclic amines) is 1. The molecule has 7 heteroatoms. The van der Waals surface area contributed by atoms with Crippen LogP contribution in [0.5, 0.6) is 0 Å². The molecule has 5 rings (SSSR count). The predicted octanol–water partition coefficient (Wildman–Crippen LogP) is 4.72. The highest BCUT2D eigenvalue weighted by molar-refractivity contribution is 5.86. The summed E-state index contributed by atoms with van der Waals surface area (Å²) in [5.41, 5.74) is 1.80. The second-order valence-electron chi connectivity index (χ2n) is 9.87. The maximum absolute atomic E-state index is 13.3. The Hall–Kier alpha value is -1.57. The fraction of sp³-hybridized carbons (Fsp3) is 0.667. The van der Waals surface area contributed by atoms with E-state index in [1.54, 1.807) is 6.07 Å². The summed E-state index contributed by atoms with van der Waals surface area (Å²) in [4.78, 5) is 5.87. The number of aromatic nitrogens is 1. The monoisotopic (exact) mass is 436 g/mol. The first-order valence-electron chi connectivity index (χ1n) is 11.5. The summed E-state index contributed by atoms with van der Waals surface area (Å²) in [5, 5.41) is 11.5. The number of rotatable bonds is 3. The Morgan fingerprint density at radius 3 is 2.77 bits per heavy atom. The summed E-state index contributed by atoms with van der Waals surface area (Å²) in [7, 11) is 0. The van der Waals surface area contributed by atoms with E-state index in [1.807, 2.05) is 0 Å². The second-order valence-corrected chi connectivity index (χ2v) is 9.87. The number of hydrogen-bond acceptors (Lipinski definition) is 3. The molecule has 2 aliphatic heterocycles. The molecule has 3 aliphatic rings. The van der Waals surface area contributed by atoms with Crippen molar-refractivity contribution in [3.8, 4) is 0 Å². The third-order valence-electron chi connectivity index (χ3n) is 8.02. The summed E-state index contributed by atoms with van der Waals surface area (Å²) in [6.45, 7) is 6.27. The molecule has 0 saturated carbocycles. The van der Waals surface area contributed by atoms with Gasteiger partial charge in [-0.25, -0.2) is 0 Å². The molecule has 1 aliphatic carbocycles. The first-order chi connectivity index (χ1) is 14.7. The summed E-state index contributed by atoms with van der Waals surface area (Å²) >= 11 is 0. The molecule has 1 aromatic carbocycles. The molecule has 1 aromatic heterocycles. The summed E-state index contributed by atoms with van der Waals surface area (Å²) in [5.74, 6) is 1.19. The van der Waals surface area contributed by atoms with Crippen molar-refractivity contribution in [3.05, 3.63) is 35.0 Å². The van der Waals surface area contributed by atoms with E-state index in [2.05, 4.69) is 16.8 Å². The van der Waals surface area contributed by atoms with Crippen molar-refractivity contribution < 1.29 is 23.0 Å². The molecule has 4 nitrogen and oxygen atoms in total. The maximum atomic E-state index is 13.3. The normalized spacial score (nSPS) is 29.0. The van der Waals surface area contributed by atoms with Crippen LogP contribution in [0.15, 0.2) is 18.2 Å². The van der Waals surface area contributed by atoms with Crippen LogP contribution in [0.4, 0.5) is 13.2 Å². The van der Waals surface area contributed by atoms with E-state index in [4.69, 9.17) is 4.74 Å². The summed E-state index contributed by atoms with van der Waals surface area (Å²) in [6, 6.07) is 4.07. The Balaban J connectivity index is 1.35. The average molecular weight is 437 g/mol. The van der Waals surface area contributed by atoms with Crippen molar-refractivity contribution in [1.29, 1.82) is 0 Å². The Morgan fingerprint density at radius 1 is 1.26 bits per heavy atom. The molecule has 0 spiro atoms. The van der Waals surface area contributed by atoms with Gasteiger partial charge in [-0.05, 0) is 80.2 Å². The lowest BCUT2D eigenvalue weighted by Crippen LogP contribution is -2.47. The number of nitrogens with zero attached hydrogens (tertiary/aromatic N) is 1. The molecule has 31 heavy (non-hydrogen) atoms. The highest BCUT2D eigenvalue weighted by atomic mass is 19.4. The van der Waals surface area contributed by atoms with Crippen LogP contribution in [0.2, 0.25) is 0 Å². The van der Waals surface area contributed by atoms with Gasteiger partial charge in [-0.2, -0.15) is 13.2 Å². The molecule has 2 saturated heterocycles. The number of alkyl halides is 3. The van der Waals surface area contributed by atoms with E-state index in [1.165, 1.54) is 12.1 Å². The average Bonchev–Trinajstić information content (AvgIpc) is 3.10. The van der Waals surface area contributed by atoms with Gasteiger partial charge in [-0.15, -0.1) is 0 Å². The topological polar surface area (TPSA) is 48.5 Å². The first kappa shape index (κ1) is 21.3. The summed E-state index contributed by atoms with van der Waals surface area (Å²) < 4.78 is 45.3. The third kappa shape index (κ3) is 4.00. The van der Waals surface area contributed by atoms with E-state index < -0.39 is 17.3 Å². The molecule has 0 radical (unpaired) electrons. The van der Waals surface area contributed by atoms with Gasteiger partial charge >= 0.3 is 6.18 Å². The second kappa shape index (κ2) is 7.78. The minimum Gasteiger partial charge on any atom is -0.390 e. The van der Waals surface area contributed by atoms with Gasteiger partial charge in [0, 0.05) is 42.9 Å². The van der Waals surface area contributed by atoms with E-state index in [0.29, 0.717) is 37.9 Å².